The van der Waals surface area contributed by atoms with E-state index in [2.05, 4.69) is 19.2 Å². The summed E-state index contributed by atoms with van der Waals surface area (Å²) in [5.41, 5.74) is 5.47. The van der Waals surface area contributed by atoms with Crippen LogP contribution in [-0.4, -0.2) is 41.6 Å². The van der Waals surface area contributed by atoms with E-state index in [0.29, 0.717) is 38.6 Å². The molecule has 4 N–H and O–H groups in total. The van der Waals surface area contributed by atoms with E-state index < -0.39 is 12.0 Å². The normalized spacial score (nSPS) is 12.6. The zero-order valence-corrected chi connectivity index (χ0v) is 30.4. The zero-order chi connectivity index (χ0) is 33.9. The molecule has 0 aromatic heterocycles. The Bertz CT molecular complexity index is 702. The second-order valence-corrected chi connectivity index (χ2v) is 13.7. The van der Waals surface area contributed by atoms with Crippen LogP contribution in [0.25, 0.3) is 0 Å². The first-order valence-electron chi connectivity index (χ1n) is 19.9. The Balaban J connectivity index is 3.94. The van der Waals surface area contributed by atoms with Gasteiger partial charge in [-0.1, -0.05) is 149 Å². The first-order valence-corrected chi connectivity index (χ1v) is 19.9. The first kappa shape index (κ1) is 44.4. The van der Waals surface area contributed by atoms with Crippen molar-refractivity contribution in [3.05, 3.63) is 0 Å². The van der Waals surface area contributed by atoms with Crippen LogP contribution in [0.4, 0.5) is 0 Å². The summed E-state index contributed by atoms with van der Waals surface area (Å²) < 4.78 is 5.91. The summed E-state index contributed by atoms with van der Waals surface area (Å²) in [5, 5.41) is 11.9. The van der Waals surface area contributed by atoms with Crippen molar-refractivity contribution < 1.29 is 24.2 Å². The molecule has 46 heavy (non-hydrogen) atoms. The molecule has 0 aromatic carbocycles. The molecule has 1 amide bonds. The molecule has 7 nitrogen and oxygen atoms in total. The Morgan fingerprint density at radius 1 is 0.543 bits per heavy atom. The number of nitrogens with one attached hydrogen (secondary N) is 1. The van der Waals surface area contributed by atoms with Crippen LogP contribution in [0.2, 0.25) is 0 Å². The monoisotopic (exact) mass is 653 g/mol. The molecule has 0 aliphatic heterocycles. The lowest BCUT2D eigenvalue weighted by Gasteiger charge is -2.18. The van der Waals surface area contributed by atoms with Gasteiger partial charge >= 0.3 is 11.9 Å². The van der Waals surface area contributed by atoms with Gasteiger partial charge in [-0.05, 0) is 57.9 Å². The Morgan fingerprint density at radius 3 is 1.37 bits per heavy atom. The predicted octanol–water partition coefficient (Wildman–Crippen LogP) is 10.6. The molecule has 0 bridgehead atoms. The van der Waals surface area contributed by atoms with Crippen LogP contribution >= 0.6 is 0 Å². The minimum absolute atomic E-state index is 0.0404. The molecule has 0 saturated carbocycles. The van der Waals surface area contributed by atoms with Gasteiger partial charge in [0.25, 0.3) is 0 Å². The zero-order valence-electron chi connectivity index (χ0n) is 30.4. The number of carboxylic acid groups (broad SMARTS) is 1. The van der Waals surface area contributed by atoms with Crippen LogP contribution in [0.15, 0.2) is 0 Å². The fourth-order valence-corrected chi connectivity index (χ4v) is 6.16. The van der Waals surface area contributed by atoms with Crippen LogP contribution in [0.1, 0.15) is 213 Å². The molecule has 7 heteroatoms. The number of carboxylic acids is 1. The summed E-state index contributed by atoms with van der Waals surface area (Å²) in [5.74, 6) is -1.30. The number of carbonyl (C=O) groups excluding carboxylic acids is 2. The van der Waals surface area contributed by atoms with E-state index >= 15 is 0 Å². The quantitative estimate of drug-likeness (QED) is 0.0458. The van der Waals surface area contributed by atoms with Crippen molar-refractivity contribution in [3.8, 4) is 0 Å². The standard InChI is InChI=1S/C39H76N2O5/c1-3-5-7-9-10-11-12-13-14-15-16-17-18-19-20-21-22-27-33-38(43)46-35(29-24-8-6-4-2)30-25-23-26-32-37(42)41-36(39(44)45)31-28-34-40/h35-36H,3-34,40H2,1-2H3,(H,41,42)(H,44,45). The summed E-state index contributed by atoms with van der Waals surface area (Å²) in [4.78, 5) is 36.1. The molecule has 0 rings (SSSR count). The molecule has 0 radical (unpaired) electrons. The number of hydrogen-bond acceptors (Lipinski definition) is 5. The van der Waals surface area contributed by atoms with Gasteiger partial charge in [0.1, 0.15) is 12.1 Å². The third-order valence-corrected chi connectivity index (χ3v) is 9.17. The second kappa shape index (κ2) is 34.7. The molecular weight excluding hydrogens is 576 g/mol. The minimum Gasteiger partial charge on any atom is -0.480 e. The van der Waals surface area contributed by atoms with E-state index in [1.54, 1.807) is 0 Å². The molecule has 2 unspecified atom stereocenters. The number of hydrogen-bond donors (Lipinski definition) is 3. The van der Waals surface area contributed by atoms with Crippen LogP contribution in [0.3, 0.4) is 0 Å². The number of amides is 1. The van der Waals surface area contributed by atoms with Crippen molar-refractivity contribution in [2.24, 2.45) is 5.73 Å². The average Bonchev–Trinajstić information content (AvgIpc) is 3.03. The van der Waals surface area contributed by atoms with Gasteiger partial charge in [-0.3, -0.25) is 9.59 Å². The Kier molecular flexibility index (Phi) is 33.5. The van der Waals surface area contributed by atoms with Gasteiger partial charge in [0, 0.05) is 12.8 Å². The Hall–Kier alpha value is -1.63. The molecule has 0 aromatic rings. The molecule has 0 spiro atoms. The lowest BCUT2D eigenvalue weighted by atomic mass is 10.0. The van der Waals surface area contributed by atoms with Crippen molar-refractivity contribution in [3.63, 3.8) is 0 Å². The van der Waals surface area contributed by atoms with Crippen molar-refractivity contribution >= 4 is 17.8 Å². The van der Waals surface area contributed by atoms with Crippen LogP contribution in [0, 0.1) is 0 Å². The van der Waals surface area contributed by atoms with Crippen LogP contribution in [0.5, 0.6) is 0 Å². The smallest absolute Gasteiger partial charge is 0.326 e. The van der Waals surface area contributed by atoms with Crippen molar-refractivity contribution in [2.75, 3.05) is 6.54 Å². The number of carbonyl (C=O) groups is 3. The third kappa shape index (κ3) is 31.0. The summed E-state index contributed by atoms with van der Waals surface area (Å²) >= 11 is 0. The van der Waals surface area contributed by atoms with Gasteiger partial charge in [-0.15, -0.1) is 0 Å². The Labute approximate surface area is 284 Å². The van der Waals surface area contributed by atoms with Crippen molar-refractivity contribution in [1.82, 2.24) is 5.32 Å². The highest BCUT2D eigenvalue weighted by Crippen LogP contribution is 2.18. The van der Waals surface area contributed by atoms with Gasteiger partial charge in [0.05, 0.1) is 0 Å². The summed E-state index contributed by atoms with van der Waals surface area (Å²) in [6.07, 6.45) is 34.6. The molecule has 0 fully saturated rings. The van der Waals surface area contributed by atoms with Gasteiger partial charge < -0.3 is 20.9 Å². The average molecular weight is 653 g/mol. The molecule has 0 aliphatic rings. The fourth-order valence-electron chi connectivity index (χ4n) is 6.16. The summed E-state index contributed by atoms with van der Waals surface area (Å²) in [7, 11) is 0. The molecule has 0 aliphatic carbocycles. The third-order valence-electron chi connectivity index (χ3n) is 9.17. The van der Waals surface area contributed by atoms with Gasteiger partial charge in [0.2, 0.25) is 5.91 Å². The maximum absolute atomic E-state index is 12.6. The van der Waals surface area contributed by atoms with Gasteiger partial charge in [-0.25, -0.2) is 4.79 Å². The summed E-state index contributed by atoms with van der Waals surface area (Å²) in [6.45, 7) is 4.89. The van der Waals surface area contributed by atoms with E-state index in [1.807, 2.05) is 0 Å². The van der Waals surface area contributed by atoms with Gasteiger partial charge in [0.15, 0.2) is 0 Å². The topological polar surface area (TPSA) is 119 Å². The number of ether oxygens (including phenoxy) is 1. The Morgan fingerprint density at radius 2 is 0.935 bits per heavy atom. The predicted molar refractivity (Wildman–Crippen MR) is 193 cm³/mol. The first-order chi connectivity index (χ1) is 22.4. The van der Waals surface area contributed by atoms with E-state index in [9.17, 15) is 19.5 Å². The SMILES string of the molecule is CCCCCCCCCCCCCCCCCCCCC(=O)OC(CCCCCC)CCCCCC(=O)NC(CCCN)C(=O)O. The van der Waals surface area contributed by atoms with Crippen molar-refractivity contribution in [1.29, 1.82) is 0 Å². The van der Waals surface area contributed by atoms with Crippen molar-refractivity contribution in [2.45, 2.75) is 225 Å². The fraction of sp³-hybridized carbons (Fsp3) is 0.923. The lowest BCUT2D eigenvalue weighted by molar-refractivity contribution is -0.150. The van der Waals surface area contributed by atoms with E-state index in [4.69, 9.17) is 10.5 Å². The maximum atomic E-state index is 12.6. The van der Waals surface area contributed by atoms with E-state index in [1.165, 1.54) is 122 Å². The number of nitrogens with two attached hydrogens (primary N) is 1. The number of aliphatic carboxylic acids is 1. The molecule has 2 atom stereocenters. The lowest BCUT2D eigenvalue weighted by Crippen LogP contribution is -2.40. The molecule has 0 heterocycles. The maximum Gasteiger partial charge on any atom is 0.326 e. The van der Waals surface area contributed by atoms with E-state index in [0.717, 1.165) is 44.9 Å². The van der Waals surface area contributed by atoms with Crippen LogP contribution < -0.4 is 11.1 Å². The largest absolute Gasteiger partial charge is 0.480 e. The number of unbranched alkanes of at least 4 members (excludes halogenated alkanes) is 22. The minimum atomic E-state index is -1.01. The number of rotatable bonds is 36. The molecule has 272 valence electrons. The van der Waals surface area contributed by atoms with E-state index in [-0.39, 0.29) is 18.0 Å². The van der Waals surface area contributed by atoms with Crippen LogP contribution in [-0.2, 0) is 19.1 Å². The number of esters is 1. The van der Waals surface area contributed by atoms with Gasteiger partial charge in [-0.2, -0.15) is 0 Å². The molecular formula is C39H76N2O5. The highest BCUT2D eigenvalue weighted by molar-refractivity contribution is 5.83. The summed E-state index contributed by atoms with van der Waals surface area (Å²) in [6, 6.07) is -0.868. The highest BCUT2D eigenvalue weighted by atomic mass is 16.5. The highest BCUT2D eigenvalue weighted by Gasteiger charge is 2.19. The molecule has 0 saturated heterocycles. The second-order valence-electron chi connectivity index (χ2n) is 13.7.